The van der Waals surface area contributed by atoms with E-state index >= 15 is 0 Å². The Labute approximate surface area is 245 Å². The van der Waals surface area contributed by atoms with Gasteiger partial charge in [0.15, 0.2) is 0 Å². The smallest absolute Gasteiger partial charge is 0.133 e. The van der Waals surface area contributed by atoms with Crippen molar-refractivity contribution in [1.29, 1.82) is 0 Å². The maximum absolute atomic E-state index is 12.3. The van der Waals surface area contributed by atoms with Crippen molar-refractivity contribution in [3.63, 3.8) is 0 Å². The van der Waals surface area contributed by atoms with Gasteiger partial charge in [-0.15, -0.1) is 0 Å². The first-order valence-corrected chi connectivity index (χ1v) is 16.6. The Morgan fingerprint density at radius 2 is 1.66 bits per heavy atom. The van der Waals surface area contributed by atoms with Crippen LogP contribution in [0.25, 0.3) is 0 Å². The minimum Gasteiger partial charge on any atom is -0.396 e. The molecule has 16 atom stereocenters. The molecular weight excluding hydrogens is 524 g/mol. The van der Waals surface area contributed by atoms with Crippen LogP contribution in [-0.2, 0) is 14.3 Å². The summed E-state index contributed by atoms with van der Waals surface area (Å²) in [7, 11) is 0. The minimum atomic E-state index is -1.38. The van der Waals surface area contributed by atoms with E-state index in [-0.39, 0.29) is 18.6 Å². The van der Waals surface area contributed by atoms with E-state index in [0.717, 1.165) is 50.4 Å². The molecule has 0 aromatic carbocycles. The standard InChI is InChI=1S/C33H54O8/c1-17-24(7-4-18(15-34)12-26-29(37)31(39)30(38)27(16-35)41-26)40-25-14-23-21-6-5-19-13-20(36)8-10-32(19,2)22(21)9-11-33(23,3)28(17)25/h17-19,21-31,34-35,37-39H,4-16H2,1-3H3/t17-,18?,19?,21-,22+,23+,24?,25+,26?,27-,28+,29+,30-,31-,32+,33+/m1/s1. The molecule has 6 rings (SSSR count). The summed E-state index contributed by atoms with van der Waals surface area (Å²) in [5.74, 6) is 4.11. The van der Waals surface area contributed by atoms with Gasteiger partial charge in [0.25, 0.3) is 0 Å². The third kappa shape index (κ3) is 4.96. The first kappa shape index (κ1) is 30.4. The van der Waals surface area contributed by atoms with Gasteiger partial charge in [0, 0.05) is 19.4 Å². The van der Waals surface area contributed by atoms with Crippen LogP contribution in [0.5, 0.6) is 0 Å². The molecule has 41 heavy (non-hydrogen) atoms. The maximum Gasteiger partial charge on any atom is 0.133 e. The lowest BCUT2D eigenvalue weighted by Gasteiger charge is -2.60. The van der Waals surface area contributed by atoms with Crippen molar-refractivity contribution in [2.45, 2.75) is 134 Å². The molecule has 2 aliphatic heterocycles. The summed E-state index contributed by atoms with van der Waals surface area (Å²) in [6.07, 6.45) is 5.48. The van der Waals surface area contributed by atoms with Crippen LogP contribution in [0.15, 0.2) is 0 Å². The molecule has 4 saturated carbocycles. The lowest BCUT2D eigenvalue weighted by molar-refractivity contribution is -0.233. The zero-order chi connectivity index (χ0) is 29.3. The second-order valence-electron chi connectivity index (χ2n) is 15.5. The van der Waals surface area contributed by atoms with Gasteiger partial charge in [-0.1, -0.05) is 20.8 Å². The molecule has 8 nitrogen and oxygen atoms in total. The summed E-state index contributed by atoms with van der Waals surface area (Å²) < 4.78 is 12.5. The van der Waals surface area contributed by atoms with Crippen LogP contribution in [-0.4, -0.2) is 87.3 Å². The highest BCUT2D eigenvalue weighted by atomic mass is 16.5. The largest absolute Gasteiger partial charge is 0.396 e. The number of aliphatic hydroxyl groups is 5. The Morgan fingerprint density at radius 3 is 2.39 bits per heavy atom. The molecule has 5 N–H and O–H groups in total. The van der Waals surface area contributed by atoms with Gasteiger partial charge in [0.2, 0.25) is 0 Å². The molecule has 6 aliphatic rings. The quantitative estimate of drug-likeness (QED) is 0.311. The molecule has 0 aromatic heterocycles. The second kappa shape index (κ2) is 11.4. The van der Waals surface area contributed by atoms with Gasteiger partial charge in [0.05, 0.1) is 24.9 Å². The van der Waals surface area contributed by atoms with Crippen molar-refractivity contribution in [1.82, 2.24) is 0 Å². The van der Waals surface area contributed by atoms with Crippen LogP contribution in [0.1, 0.15) is 91.4 Å². The van der Waals surface area contributed by atoms with Gasteiger partial charge >= 0.3 is 0 Å². The molecular formula is C33H54O8. The van der Waals surface area contributed by atoms with Gasteiger partial charge in [0.1, 0.15) is 30.2 Å². The molecule has 2 saturated heterocycles. The molecule has 0 bridgehead atoms. The Morgan fingerprint density at radius 1 is 0.902 bits per heavy atom. The summed E-state index contributed by atoms with van der Waals surface area (Å²) in [6, 6.07) is 0. The first-order chi connectivity index (χ1) is 19.5. The van der Waals surface area contributed by atoms with E-state index in [9.17, 15) is 30.3 Å². The number of Topliss-reactive ketones (excluding diaryl/α,β-unsaturated/α-hetero) is 1. The predicted octanol–water partition coefficient (Wildman–Crippen LogP) is 2.85. The first-order valence-electron chi connectivity index (χ1n) is 16.6. The number of aliphatic hydroxyl groups excluding tert-OH is 5. The van der Waals surface area contributed by atoms with Crippen molar-refractivity contribution >= 4 is 5.78 Å². The molecule has 0 amide bonds. The van der Waals surface area contributed by atoms with Crippen molar-refractivity contribution in [3.05, 3.63) is 0 Å². The molecule has 4 aliphatic carbocycles. The van der Waals surface area contributed by atoms with Gasteiger partial charge in [-0.05, 0) is 110 Å². The van der Waals surface area contributed by atoms with Gasteiger partial charge in [-0.3, -0.25) is 4.79 Å². The van der Waals surface area contributed by atoms with Crippen LogP contribution in [0.4, 0.5) is 0 Å². The van der Waals surface area contributed by atoms with E-state index in [4.69, 9.17) is 9.47 Å². The van der Waals surface area contributed by atoms with E-state index in [2.05, 4.69) is 20.8 Å². The van der Waals surface area contributed by atoms with E-state index in [0.29, 0.717) is 52.8 Å². The number of fused-ring (bicyclic) bond motifs is 7. The van der Waals surface area contributed by atoms with Gasteiger partial charge in [-0.2, -0.15) is 0 Å². The average molecular weight is 579 g/mol. The minimum absolute atomic E-state index is 0.0583. The third-order valence-electron chi connectivity index (χ3n) is 13.7. The van der Waals surface area contributed by atoms with E-state index < -0.39 is 37.1 Å². The fourth-order valence-electron chi connectivity index (χ4n) is 11.4. The molecule has 0 radical (unpaired) electrons. The summed E-state index contributed by atoms with van der Waals surface area (Å²) >= 11 is 0. The van der Waals surface area contributed by atoms with Crippen molar-refractivity contribution in [2.75, 3.05) is 13.2 Å². The predicted molar refractivity (Wildman–Crippen MR) is 152 cm³/mol. The molecule has 0 aromatic rings. The number of hydrogen-bond acceptors (Lipinski definition) is 8. The highest BCUT2D eigenvalue weighted by Crippen LogP contribution is 2.70. The van der Waals surface area contributed by atoms with Crippen LogP contribution in [0, 0.1) is 52.3 Å². The molecule has 6 fully saturated rings. The Kier molecular flexibility index (Phi) is 8.45. The molecule has 8 heteroatoms. The number of ketones is 1. The number of hydrogen-bond donors (Lipinski definition) is 5. The molecule has 0 spiro atoms. The Hall–Kier alpha value is -0.610. The molecule has 4 unspecified atom stereocenters. The number of ether oxygens (including phenoxy) is 2. The second-order valence-corrected chi connectivity index (χ2v) is 15.5. The summed E-state index contributed by atoms with van der Waals surface area (Å²) in [4.78, 5) is 12.3. The summed E-state index contributed by atoms with van der Waals surface area (Å²) in [6.45, 7) is 6.93. The normalized spacial score (nSPS) is 53.8. The summed E-state index contributed by atoms with van der Waals surface area (Å²) in [5.41, 5.74) is 0.617. The lowest BCUT2D eigenvalue weighted by Crippen LogP contribution is -2.58. The third-order valence-corrected chi connectivity index (χ3v) is 13.7. The zero-order valence-corrected chi connectivity index (χ0v) is 25.2. The summed E-state index contributed by atoms with van der Waals surface area (Å²) in [5, 5.41) is 50.4. The van der Waals surface area contributed by atoms with Gasteiger partial charge in [-0.25, -0.2) is 0 Å². The van der Waals surface area contributed by atoms with Crippen molar-refractivity contribution in [2.24, 2.45) is 52.3 Å². The monoisotopic (exact) mass is 578 g/mol. The maximum atomic E-state index is 12.3. The number of carbonyl (C=O) groups excluding carboxylic acids is 1. The van der Waals surface area contributed by atoms with Crippen molar-refractivity contribution < 1.29 is 39.8 Å². The molecule has 234 valence electrons. The zero-order valence-electron chi connectivity index (χ0n) is 25.2. The number of carbonyl (C=O) groups is 1. The average Bonchev–Trinajstić information content (AvgIpc) is 3.44. The molecule has 2 heterocycles. The lowest BCUT2D eigenvalue weighted by atomic mass is 9.44. The van der Waals surface area contributed by atoms with E-state index in [1.165, 1.54) is 25.7 Å². The van der Waals surface area contributed by atoms with Gasteiger partial charge < -0.3 is 35.0 Å². The number of rotatable bonds is 7. The topological polar surface area (TPSA) is 137 Å². The van der Waals surface area contributed by atoms with Crippen LogP contribution in [0.3, 0.4) is 0 Å². The fraction of sp³-hybridized carbons (Fsp3) is 0.970. The SMILES string of the molecule is C[C@@H]1C(CCC(CO)CC2O[C@H](CO)[C@@H](O)[C@H](O)[C@H]2O)O[C@H]2C[C@H]3[C@@H]4CCC5CC(=O)CC[C@]5(C)[C@H]4CC[C@]3(C)[C@H]21. The van der Waals surface area contributed by atoms with Crippen LogP contribution >= 0.6 is 0 Å². The Bertz CT molecular complexity index is 958. The van der Waals surface area contributed by atoms with Crippen LogP contribution < -0.4 is 0 Å². The fourth-order valence-corrected chi connectivity index (χ4v) is 11.4. The highest BCUT2D eigenvalue weighted by Gasteiger charge is 2.65. The Balaban J connectivity index is 1.08. The van der Waals surface area contributed by atoms with Crippen molar-refractivity contribution in [3.8, 4) is 0 Å². The highest BCUT2D eigenvalue weighted by molar-refractivity contribution is 5.79. The van der Waals surface area contributed by atoms with E-state index in [1.807, 2.05) is 0 Å². The van der Waals surface area contributed by atoms with E-state index in [1.54, 1.807) is 0 Å². The van der Waals surface area contributed by atoms with Crippen LogP contribution in [0.2, 0.25) is 0 Å².